The van der Waals surface area contributed by atoms with Gasteiger partial charge < -0.3 is 0 Å². The van der Waals surface area contributed by atoms with Crippen LogP contribution >= 0.6 is 11.6 Å². The Kier molecular flexibility index (Phi) is 6.54. The smallest absolute Gasteiger partial charge is 0.127 e. The maximum Gasteiger partial charge on any atom is 0.127 e. The molecule has 0 unspecified atom stereocenters. The van der Waals surface area contributed by atoms with Crippen LogP contribution in [0, 0.1) is 11.2 Å². The van der Waals surface area contributed by atoms with Gasteiger partial charge in [0.05, 0.1) is 0 Å². The van der Waals surface area contributed by atoms with E-state index in [2.05, 4.69) is 6.92 Å². The highest BCUT2D eigenvalue weighted by atomic mass is 35.5. The molecule has 21 heavy (non-hydrogen) atoms. The third-order valence-electron chi connectivity index (χ3n) is 5.16. The van der Waals surface area contributed by atoms with Crippen LogP contribution < -0.4 is 0 Å². The van der Waals surface area contributed by atoms with Gasteiger partial charge in [0, 0.05) is 5.02 Å². The first-order chi connectivity index (χ1) is 10.2. The van der Waals surface area contributed by atoms with Crippen LogP contribution in [0.5, 0.6) is 0 Å². The first-order valence-electron chi connectivity index (χ1n) is 8.59. The van der Waals surface area contributed by atoms with Gasteiger partial charge in [-0.25, -0.2) is 4.39 Å². The standard InChI is InChI=1S/C19H28ClF/c1-2-3-5-11-19(12-6-4-7-13-19)14-10-16-8-9-17(20)15-18(16)21/h8-9,15H,2-7,10-14H2,1H3. The molecule has 0 aliphatic heterocycles. The number of rotatable bonds is 7. The fourth-order valence-electron chi connectivity index (χ4n) is 3.80. The van der Waals surface area contributed by atoms with Crippen molar-refractivity contribution in [1.29, 1.82) is 0 Å². The zero-order valence-corrected chi connectivity index (χ0v) is 14.0. The van der Waals surface area contributed by atoms with E-state index in [9.17, 15) is 4.39 Å². The lowest BCUT2D eigenvalue weighted by Gasteiger charge is -2.38. The van der Waals surface area contributed by atoms with Gasteiger partial charge in [0.25, 0.3) is 0 Å². The van der Waals surface area contributed by atoms with E-state index in [4.69, 9.17) is 11.6 Å². The Labute approximate surface area is 134 Å². The van der Waals surface area contributed by atoms with E-state index in [1.165, 1.54) is 63.9 Å². The van der Waals surface area contributed by atoms with Gasteiger partial charge in [-0.15, -0.1) is 0 Å². The van der Waals surface area contributed by atoms with Crippen molar-refractivity contribution in [3.63, 3.8) is 0 Å². The van der Waals surface area contributed by atoms with E-state index in [1.54, 1.807) is 0 Å². The summed E-state index contributed by atoms with van der Waals surface area (Å²) in [5.74, 6) is -0.137. The summed E-state index contributed by atoms with van der Waals surface area (Å²) >= 11 is 5.84. The molecule has 0 saturated heterocycles. The molecule has 1 aliphatic rings. The molecular formula is C19H28ClF. The average Bonchev–Trinajstić information content (AvgIpc) is 2.48. The summed E-state index contributed by atoms with van der Waals surface area (Å²) in [6, 6.07) is 5.12. The highest BCUT2D eigenvalue weighted by molar-refractivity contribution is 6.30. The van der Waals surface area contributed by atoms with Gasteiger partial charge in [-0.05, 0) is 55.2 Å². The van der Waals surface area contributed by atoms with Gasteiger partial charge in [-0.1, -0.05) is 63.1 Å². The molecule has 0 heterocycles. The van der Waals surface area contributed by atoms with Crippen LogP contribution in [0.2, 0.25) is 5.02 Å². The van der Waals surface area contributed by atoms with Crippen molar-refractivity contribution in [1.82, 2.24) is 0 Å². The Balaban J connectivity index is 1.97. The predicted octanol–water partition coefficient (Wildman–Crippen LogP) is 6.94. The zero-order valence-electron chi connectivity index (χ0n) is 13.3. The SMILES string of the molecule is CCCCCC1(CCc2ccc(Cl)cc2F)CCCCC1. The van der Waals surface area contributed by atoms with E-state index in [0.29, 0.717) is 10.4 Å². The van der Waals surface area contributed by atoms with E-state index >= 15 is 0 Å². The number of hydrogen-bond acceptors (Lipinski definition) is 0. The highest BCUT2D eigenvalue weighted by Gasteiger charge is 2.31. The Morgan fingerprint density at radius 3 is 2.52 bits per heavy atom. The van der Waals surface area contributed by atoms with Gasteiger partial charge in [0.15, 0.2) is 0 Å². The summed E-state index contributed by atoms with van der Waals surface area (Å²) < 4.78 is 14.0. The molecule has 0 atom stereocenters. The van der Waals surface area contributed by atoms with Gasteiger partial charge in [0.1, 0.15) is 5.82 Å². The van der Waals surface area contributed by atoms with Crippen molar-refractivity contribution in [2.75, 3.05) is 0 Å². The molecule has 1 aromatic rings. The molecule has 118 valence electrons. The Bertz CT molecular complexity index is 435. The highest BCUT2D eigenvalue weighted by Crippen LogP contribution is 2.44. The van der Waals surface area contributed by atoms with Crippen LogP contribution in [0.4, 0.5) is 4.39 Å². The minimum absolute atomic E-state index is 0.137. The fraction of sp³-hybridized carbons (Fsp3) is 0.684. The van der Waals surface area contributed by atoms with Crippen molar-refractivity contribution in [3.8, 4) is 0 Å². The third-order valence-corrected chi connectivity index (χ3v) is 5.40. The molecule has 0 radical (unpaired) electrons. The summed E-state index contributed by atoms with van der Waals surface area (Å²) in [6.07, 6.45) is 14.0. The Morgan fingerprint density at radius 2 is 1.86 bits per heavy atom. The normalized spacial score (nSPS) is 17.9. The Morgan fingerprint density at radius 1 is 1.10 bits per heavy atom. The fourth-order valence-corrected chi connectivity index (χ4v) is 3.96. The second-order valence-corrected chi connectivity index (χ2v) is 7.19. The van der Waals surface area contributed by atoms with E-state index in [0.717, 1.165) is 18.4 Å². The van der Waals surface area contributed by atoms with Gasteiger partial charge in [-0.3, -0.25) is 0 Å². The lowest BCUT2D eigenvalue weighted by molar-refractivity contribution is 0.152. The minimum atomic E-state index is -0.137. The van der Waals surface area contributed by atoms with Crippen LogP contribution in [0.1, 0.15) is 76.7 Å². The monoisotopic (exact) mass is 310 g/mol. The number of unbranched alkanes of at least 4 members (excludes halogenated alkanes) is 2. The van der Waals surface area contributed by atoms with Crippen LogP contribution in [0.3, 0.4) is 0 Å². The van der Waals surface area contributed by atoms with Crippen LogP contribution in [-0.4, -0.2) is 0 Å². The van der Waals surface area contributed by atoms with Crippen LogP contribution in [-0.2, 0) is 6.42 Å². The number of halogens is 2. The summed E-state index contributed by atoms with van der Waals surface area (Å²) in [7, 11) is 0. The van der Waals surface area contributed by atoms with Crippen molar-refractivity contribution in [3.05, 3.63) is 34.6 Å². The Hall–Kier alpha value is -0.560. The molecular weight excluding hydrogens is 283 g/mol. The van der Waals surface area contributed by atoms with Crippen LogP contribution in [0.15, 0.2) is 18.2 Å². The maximum absolute atomic E-state index is 14.0. The third kappa shape index (κ3) is 4.98. The number of benzene rings is 1. The molecule has 1 aliphatic carbocycles. The first kappa shape index (κ1) is 16.8. The lowest BCUT2D eigenvalue weighted by atomic mass is 9.68. The average molecular weight is 311 g/mol. The molecule has 0 nitrogen and oxygen atoms in total. The number of aryl methyl sites for hydroxylation is 1. The largest absolute Gasteiger partial charge is 0.207 e. The lowest BCUT2D eigenvalue weighted by Crippen LogP contribution is -2.25. The molecule has 2 heteroatoms. The van der Waals surface area contributed by atoms with Gasteiger partial charge >= 0.3 is 0 Å². The quantitative estimate of drug-likeness (QED) is 0.478. The second kappa shape index (κ2) is 8.17. The predicted molar refractivity (Wildman–Crippen MR) is 89.4 cm³/mol. The summed E-state index contributed by atoms with van der Waals surface area (Å²) in [4.78, 5) is 0. The first-order valence-corrected chi connectivity index (χ1v) is 8.97. The molecule has 1 fully saturated rings. The molecule has 1 aromatic carbocycles. The van der Waals surface area contributed by atoms with Gasteiger partial charge in [-0.2, -0.15) is 0 Å². The van der Waals surface area contributed by atoms with Gasteiger partial charge in [0.2, 0.25) is 0 Å². The molecule has 0 amide bonds. The second-order valence-electron chi connectivity index (χ2n) is 6.75. The maximum atomic E-state index is 14.0. The van der Waals surface area contributed by atoms with E-state index in [-0.39, 0.29) is 5.82 Å². The van der Waals surface area contributed by atoms with Crippen molar-refractivity contribution in [2.45, 2.75) is 77.6 Å². The molecule has 0 bridgehead atoms. The molecule has 0 aromatic heterocycles. The molecule has 1 saturated carbocycles. The van der Waals surface area contributed by atoms with Crippen molar-refractivity contribution < 1.29 is 4.39 Å². The summed E-state index contributed by atoms with van der Waals surface area (Å²) in [5, 5.41) is 0.492. The molecule has 0 N–H and O–H groups in total. The molecule has 0 spiro atoms. The van der Waals surface area contributed by atoms with E-state index in [1.807, 2.05) is 12.1 Å². The topological polar surface area (TPSA) is 0 Å². The van der Waals surface area contributed by atoms with Crippen molar-refractivity contribution >= 4 is 11.6 Å². The van der Waals surface area contributed by atoms with E-state index < -0.39 is 0 Å². The molecule has 2 rings (SSSR count). The zero-order chi connectivity index (χ0) is 15.1. The summed E-state index contributed by atoms with van der Waals surface area (Å²) in [5.41, 5.74) is 1.30. The minimum Gasteiger partial charge on any atom is -0.207 e. The van der Waals surface area contributed by atoms with Crippen LogP contribution in [0.25, 0.3) is 0 Å². The summed E-state index contributed by atoms with van der Waals surface area (Å²) in [6.45, 7) is 2.26. The number of hydrogen-bond donors (Lipinski definition) is 0. The van der Waals surface area contributed by atoms with Crippen molar-refractivity contribution in [2.24, 2.45) is 5.41 Å².